The van der Waals surface area contributed by atoms with Gasteiger partial charge in [0.25, 0.3) is 0 Å². The number of allylic oxidation sites excluding steroid dienone is 1. The van der Waals surface area contributed by atoms with Crippen LogP contribution in [0.3, 0.4) is 0 Å². The third-order valence-electron chi connectivity index (χ3n) is 2.52. The van der Waals surface area contributed by atoms with Gasteiger partial charge in [-0.25, -0.2) is 4.39 Å². The third kappa shape index (κ3) is 4.49. The van der Waals surface area contributed by atoms with E-state index in [1.54, 1.807) is 36.1 Å². The van der Waals surface area contributed by atoms with Crippen LogP contribution in [0.15, 0.2) is 36.4 Å². The molecule has 0 aliphatic heterocycles. The molecule has 1 unspecified atom stereocenters. The van der Waals surface area contributed by atoms with E-state index >= 15 is 0 Å². The number of rotatable bonds is 5. The molecule has 0 aliphatic rings. The predicted octanol–water partition coefficient (Wildman–Crippen LogP) is 3.36. The van der Waals surface area contributed by atoms with Crippen molar-refractivity contribution < 1.29 is 9.18 Å². The quantitative estimate of drug-likeness (QED) is 0.593. The lowest BCUT2D eigenvalue weighted by atomic mass is 10.2. The molecule has 1 aromatic carbocycles. The molecule has 0 heterocycles. The molecule has 0 N–H and O–H groups in total. The van der Waals surface area contributed by atoms with Crippen molar-refractivity contribution in [2.24, 2.45) is 0 Å². The molecule has 1 aromatic rings. The number of hydrogen-bond acceptors (Lipinski definition) is 1. The average molecular weight is 270 g/mol. The molecule has 0 spiro atoms. The van der Waals surface area contributed by atoms with Crippen molar-refractivity contribution in [2.45, 2.75) is 25.8 Å². The molecule has 0 aromatic heterocycles. The number of benzene rings is 1. The normalized spacial score (nSPS) is 12.7. The lowest BCUT2D eigenvalue weighted by Gasteiger charge is -2.19. The minimum Gasteiger partial charge on any atom is -0.335 e. The zero-order valence-electron chi connectivity index (χ0n) is 10.6. The van der Waals surface area contributed by atoms with Gasteiger partial charge in [0.1, 0.15) is 5.82 Å². The molecule has 1 atom stereocenters. The highest BCUT2D eigenvalue weighted by atomic mass is 35.5. The molecule has 0 saturated heterocycles. The number of alkyl halides is 1. The van der Waals surface area contributed by atoms with Crippen molar-refractivity contribution in [3.63, 3.8) is 0 Å². The van der Waals surface area contributed by atoms with E-state index in [1.807, 2.05) is 6.92 Å². The van der Waals surface area contributed by atoms with Crippen molar-refractivity contribution in [3.8, 4) is 0 Å². The Balaban J connectivity index is 2.73. The van der Waals surface area contributed by atoms with Gasteiger partial charge in [0.15, 0.2) is 0 Å². The molecule has 0 saturated carbocycles. The maximum absolute atomic E-state index is 13.5. The first-order valence-electron chi connectivity index (χ1n) is 5.89. The highest BCUT2D eigenvalue weighted by Crippen LogP contribution is 2.10. The summed E-state index contributed by atoms with van der Waals surface area (Å²) in [5, 5.41) is -0.193. The molecule has 18 heavy (non-hydrogen) atoms. The van der Waals surface area contributed by atoms with Gasteiger partial charge in [-0.1, -0.05) is 24.3 Å². The van der Waals surface area contributed by atoms with Crippen LogP contribution in [0.4, 0.5) is 4.39 Å². The van der Waals surface area contributed by atoms with Gasteiger partial charge in [-0.05, 0) is 19.9 Å². The Morgan fingerprint density at radius 2 is 2.17 bits per heavy atom. The van der Waals surface area contributed by atoms with Gasteiger partial charge in [0.2, 0.25) is 5.91 Å². The van der Waals surface area contributed by atoms with Crippen LogP contribution in [-0.2, 0) is 11.3 Å². The van der Waals surface area contributed by atoms with E-state index in [0.29, 0.717) is 12.1 Å². The fraction of sp³-hybridized carbons (Fsp3) is 0.357. The van der Waals surface area contributed by atoms with E-state index in [-0.39, 0.29) is 23.6 Å². The van der Waals surface area contributed by atoms with E-state index < -0.39 is 0 Å². The number of nitrogens with zero attached hydrogens (tertiary/aromatic N) is 1. The Hall–Kier alpha value is -1.35. The average Bonchev–Trinajstić information content (AvgIpc) is 2.35. The second kappa shape index (κ2) is 7.17. The number of halogens is 2. The van der Waals surface area contributed by atoms with E-state index in [9.17, 15) is 9.18 Å². The summed E-state index contributed by atoms with van der Waals surface area (Å²) in [5.74, 6) is -0.452. The fourth-order valence-corrected chi connectivity index (χ4v) is 1.57. The van der Waals surface area contributed by atoms with Crippen LogP contribution < -0.4 is 0 Å². The highest BCUT2D eigenvalue weighted by Gasteiger charge is 2.11. The largest absolute Gasteiger partial charge is 0.335 e. The second-order valence-corrected chi connectivity index (χ2v) is 4.67. The summed E-state index contributed by atoms with van der Waals surface area (Å²) >= 11 is 5.74. The van der Waals surface area contributed by atoms with Crippen LogP contribution in [0, 0.1) is 5.82 Å². The first-order valence-corrected chi connectivity index (χ1v) is 6.32. The molecule has 1 rings (SSSR count). The highest BCUT2D eigenvalue weighted by molar-refractivity contribution is 6.21. The van der Waals surface area contributed by atoms with Crippen molar-refractivity contribution in [3.05, 3.63) is 47.8 Å². The van der Waals surface area contributed by atoms with Crippen LogP contribution in [0.1, 0.15) is 19.4 Å². The second-order valence-electron chi connectivity index (χ2n) is 3.98. The van der Waals surface area contributed by atoms with Gasteiger partial charge in [0.05, 0.1) is 0 Å². The zero-order chi connectivity index (χ0) is 13.5. The fourth-order valence-electron chi connectivity index (χ4n) is 1.50. The molecular weight excluding hydrogens is 253 g/mol. The molecule has 0 bridgehead atoms. The number of carbonyl (C=O) groups is 1. The zero-order valence-corrected chi connectivity index (χ0v) is 11.3. The van der Waals surface area contributed by atoms with Crippen LogP contribution >= 0.6 is 11.6 Å². The van der Waals surface area contributed by atoms with E-state index in [2.05, 4.69) is 0 Å². The summed E-state index contributed by atoms with van der Waals surface area (Å²) in [4.78, 5) is 13.4. The predicted molar refractivity (Wildman–Crippen MR) is 71.9 cm³/mol. The molecule has 4 heteroatoms. The van der Waals surface area contributed by atoms with Crippen molar-refractivity contribution >= 4 is 17.5 Å². The molecule has 2 nitrogen and oxygen atoms in total. The third-order valence-corrected chi connectivity index (χ3v) is 2.66. The Morgan fingerprint density at radius 3 is 2.72 bits per heavy atom. The Labute approximate surface area is 112 Å². The van der Waals surface area contributed by atoms with E-state index in [1.165, 1.54) is 12.1 Å². The minimum atomic E-state index is -0.293. The molecular formula is C14H17ClFNO. The van der Waals surface area contributed by atoms with Gasteiger partial charge in [0, 0.05) is 30.1 Å². The van der Waals surface area contributed by atoms with Gasteiger partial charge in [-0.3, -0.25) is 4.79 Å². The summed E-state index contributed by atoms with van der Waals surface area (Å²) in [7, 11) is 0. The Kier molecular flexibility index (Phi) is 5.86. The first-order chi connectivity index (χ1) is 8.54. The summed E-state index contributed by atoms with van der Waals surface area (Å²) in [6.45, 7) is 4.42. The molecule has 98 valence electrons. The van der Waals surface area contributed by atoms with Gasteiger partial charge in [-0.15, -0.1) is 11.6 Å². The topological polar surface area (TPSA) is 20.3 Å². The number of hydrogen-bond donors (Lipinski definition) is 0. The maximum atomic E-state index is 13.5. The lowest BCUT2D eigenvalue weighted by Crippen LogP contribution is -2.29. The van der Waals surface area contributed by atoms with Gasteiger partial charge >= 0.3 is 0 Å². The van der Waals surface area contributed by atoms with Crippen LogP contribution in [0.25, 0.3) is 0 Å². The van der Waals surface area contributed by atoms with E-state index in [4.69, 9.17) is 11.6 Å². The number of carbonyl (C=O) groups excluding carboxylic acids is 1. The summed E-state index contributed by atoms with van der Waals surface area (Å²) in [5.41, 5.74) is 0.514. The molecule has 1 amide bonds. The smallest absolute Gasteiger partial charge is 0.246 e. The minimum absolute atomic E-state index is 0.159. The van der Waals surface area contributed by atoms with Crippen molar-refractivity contribution in [2.75, 3.05) is 6.54 Å². The molecule has 0 radical (unpaired) electrons. The maximum Gasteiger partial charge on any atom is 0.246 e. The first kappa shape index (κ1) is 14.7. The molecule has 0 fully saturated rings. The van der Waals surface area contributed by atoms with E-state index in [0.717, 1.165) is 0 Å². The monoisotopic (exact) mass is 269 g/mol. The summed E-state index contributed by atoms with van der Waals surface area (Å²) < 4.78 is 13.5. The summed E-state index contributed by atoms with van der Waals surface area (Å²) in [6.07, 6.45) is 3.05. The van der Waals surface area contributed by atoms with Crippen LogP contribution in [-0.4, -0.2) is 22.7 Å². The van der Waals surface area contributed by atoms with Gasteiger partial charge in [-0.2, -0.15) is 0 Å². The molecule has 0 aliphatic carbocycles. The number of likely N-dealkylation sites (N-methyl/N-ethyl adjacent to an activating group) is 1. The SMILES string of the molecule is CCN(Cc1ccccc1F)C(=O)/C=C/C(C)Cl. The van der Waals surface area contributed by atoms with Crippen LogP contribution in [0.5, 0.6) is 0 Å². The lowest BCUT2D eigenvalue weighted by molar-refractivity contribution is -0.126. The number of amides is 1. The van der Waals surface area contributed by atoms with Gasteiger partial charge < -0.3 is 4.90 Å². The van der Waals surface area contributed by atoms with Crippen molar-refractivity contribution in [1.29, 1.82) is 0 Å². The summed E-state index contributed by atoms with van der Waals surface area (Å²) in [6, 6.07) is 6.46. The standard InChI is InChI=1S/C14H17ClFNO/c1-3-17(14(18)9-8-11(2)15)10-12-6-4-5-7-13(12)16/h4-9,11H,3,10H2,1-2H3/b9-8+. The Bertz CT molecular complexity index is 432. The Morgan fingerprint density at radius 1 is 1.50 bits per heavy atom. The van der Waals surface area contributed by atoms with Crippen molar-refractivity contribution in [1.82, 2.24) is 4.90 Å². The van der Waals surface area contributed by atoms with Crippen LogP contribution in [0.2, 0.25) is 0 Å².